The monoisotopic (exact) mass is 432 g/mol. The number of rotatable bonds is 7. The SMILES string of the molecule is COC(=O)C(Cc1ccccc1)NC(=O)c1cccc(S(=O)(=O)N2CCOCC2)c1. The first-order valence-electron chi connectivity index (χ1n) is 9.52. The molecule has 160 valence electrons. The van der Waals surface area contributed by atoms with Crippen LogP contribution in [0.15, 0.2) is 59.5 Å². The van der Waals surface area contributed by atoms with Gasteiger partial charge in [-0.15, -0.1) is 0 Å². The van der Waals surface area contributed by atoms with Crippen LogP contribution in [0.3, 0.4) is 0 Å². The van der Waals surface area contributed by atoms with Crippen LogP contribution < -0.4 is 5.32 Å². The second kappa shape index (κ2) is 9.84. The highest BCUT2D eigenvalue weighted by Crippen LogP contribution is 2.18. The molecule has 1 heterocycles. The molecule has 0 saturated carbocycles. The Morgan fingerprint density at radius 2 is 1.80 bits per heavy atom. The van der Waals surface area contributed by atoms with Crippen molar-refractivity contribution >= 4 is 21.9 Å². The summed E-state index contributed by atoms with van der Waals surface area (Å²) in [5, 5.41) is 2.65. The Balaban J connectivity index is 1.78. The van der Waals surface area contributed by atoms with E-state index in [1.165, 1.54) is 35.7 Å². The second-order valence-corrected chi connectivity index (χ2v) is 8.72. The second-order valence-electron chi connectivity index (χ2n) is 6.78. The number of carbonyl (C=O) groups is 2. The number of amides is 1. The minimum atomic E-state index is -3.73. The van der Waals surface area contributed by atoms with Crippen molar-refractivity contribution in [2.45, 2.75) is 17.4 Å². The lowest BCUT2D eigenvalue weighted by molar-refractivity contribution is -0.142. The summed E-state index contributed by atoms with van der Waals surface area (Å²) in [5.41, 5.74) is 1.00. The van der Waals surface area contributed by atoms with Crippen LogP contribution in [-0.4, -0.2) is 64.1 Å². The van der Waals surface area contributed by atoms with Gasteiger partial charge in [-0.3, -0.25) is 4.79 Å². The predicted octanol–water partition coefficient (Wildman–Crippen LogP) is 1.22. The first-order chi connectivity index (χ1) is 14.4. The highest BCUT2D eigenvalue weighted by Gasteiger charge is 2.28. The summed E-state index contributed by atoms with van der Waals surface area (Å²) in [6.45, 7) is 1.19. The number of nitrogens with one attached hydrogen (secondary N) is 1. The molecule has 1 N–H and O–H groups in total. The van der Waals surface area contributed by atoms with Crippen LogP contribution in [0.1, 0.15) is 15.9 Å². The van der Waals surface area contributed by atoms with Crippen LogP contribution in [0.5, 0.6) is 0 Å². The number of nitrogens with zero attached hydrogens (tertiary/aromatic N) is 1. The summed E-state index contributed by atoms with van der Waals surface area (Å²) < 4.78 is 37.0. The van der Waals surface area contributed by atoms with Gasteiger partial charge in [0.2, 0.25) is 10.0 Å². The van der Waals surface area contributed by atoms with Crippen LogP contribution in [-0.2, 0) is 30.7 Å². The number of benzene rings is 2. The Hall–Kier alpha value is -2.75. The lowest BCUT2D eigenvalue weighted by atomic mass is 10.1. The molecule has 30 heavy (non-hydrogen) atoms. The van der Waals surface area contributed by atoms with E-state index in [2.05, 4.69) is 5.32 Å². The van der Waals surface area contributed by atoms with E-state index in [0.29, 0.717) is 13.2 Å². The first-order valence-corrected chi connectivity index (χ1v) is 11.0. The summed E-state index contributed by atoms with van der Waals surface area (Å²) in [5.74, 6) is -1.13. The van der Waals surface area contributed by atoms with E-state index in [1.807, 2.05) is 30.3 Å². The van der Waals surface area contributed by atoms with Gasteiger partial charge in [0.15, 0.2) is 0 Å². The molecule has 2 aromatic rings. The number of hydrogen-bond acceptors (Lipinski definition) is 6. The Labute approximate surface area is 175 Å². The largest absolute Gasteiger partial charge is 0.467 e. The van der Waals surface area contributed by atoms with E-state index >= 15 is 0 Å². The normalized spacial score (nSPS) is 15.9. The van der Waals surface area contributed by atoms with Crippen molar-refractivity contribution in [3.05, 3.63) is 65.7 Å². The lowest BCUT2D eigenvalue weighted by Crippen LogP contribution is -2.43. The zero-order valence-corrected chi connectivity index (χ0v) is 17.4. The number of esters is 1. The molecule has 3 rings (SSSR count). The fourth-order valence-corrected chi connectivity index (χ4v) is 4.62. The maximum absolute atomic E-state index is 12.8. The number of sulfonamides is 1. The average molecular weight is 432 g/mol. The molecular weight excluding hydrogens is 408 g/mol. The quantitative estimate of drug-likeness (QED) is 0.660. The van der Waals surface area contributed by atoms with Crippen molar-refractivity contribution in [2.24, 2.45) is 0 Å². The Bertz CT molecular complexity index is 988. The predicted molar refractivity (Wildman–Crippen MR) is 109 cm³/mol. The maximum atomic E-state index is 12.8. The van der Waals surface area contributed by atoms with Gasteiger partial charge in [-0.25, -0.2) is 13.2 Å². The molecule has 8 nitrogen and oxygen atoms in total. The van der Waals surface area contributed by atoms with Gasteiger partial charge in [0, 0.05) is 25.1 Å². The molecule has 1 fully saturated rings. The standard InChI is InChI=1S/C21H24N2O6S/c1-28-21(25)19(14-16-6-3-2-4-7-16)22-20(24)17-8-5-9-18(15-17)30(26,27)23-10-12-29-13-11-23/h2-9,15,19H,10-14H2,1H3,(H,22,24). The summed E-state index contributed by atoms with van der Waals surface area (Å²) in [6, 6.07) is 14.1. The van der Waals surface area contributed by atoms with Crippen molar-refractivity contribution in [3.63, 3.8) is 0 Å². The van der Waals surface area contributed by atoms with E-state index in [-0.39, 0.29) is 30.0 Å². The Morgan fingerprint density at radius 1 is 1.10 bits per heavy atom. The molecule has 1 aliphatic rings. The van der Waals surface area contributed by atoms with Crippen LogP contribution in [0, 0.1) is 0 Å². The van der Waals surface area contributed by atoms with Crippen LogP contribution >= 0.6 is 0 Å². The fourth-order valence-electron chi connectivity index (χ4n) is 3.16. The number of hydrogen-bond donors (Lipinski definition) is 1. The molecule has 1 atom stereocenters. The van der Waals surface area contributed by atoms with Crippen LogP contribution in [0.25, 0.3) is 0 Å². The fraction of sp³-hybridized carbons (Fsp3) is 0.333. The minimum absolute atomic E-state index is 0.0229. The van der Waals surface area contributed by atoms with Gasteiger partial charge in [0.25, 0.3) is 5.91 Å². The molecule has 0 spiro atoms. The van der Waals surface area contributed by atoms with Gasteiger partial charge in [-0.1, -0.05) is 36.4 Å². The zero-order valence-electron chi connectivity index (χ0n) is 16.6. The van der Waals surface area contributed by atoms with E-state index < -0.39 is 27.9 Å². The van der Waals surface area contributed by atoms with E-state index in [4.69, 9.17) is 9.47 Å². The summed E-state index contributed by atoms with van der Waals surface area (Å²) in [7, 11) is -2.48. The molecule has 0 aliphatic carbocycles. The first kappa shape index (κ1) is 21.9. The molecule has 1 unspecified atom stereocenters. The molecule has 0 bridgehead atoms. The number of ether oxygens (including phenoxy) is 2. The summed E-state index contributed by atoms with van der Waals surface area (Å²) in [6.07, 6.45) is 0.255. The van der Waals surface area contributed by atoms with Crippen molar-refractivity contribution in [1.29, 1.82) is 0 Å². The number of morpholine rings is 1. The number of carbonyl (C=O) groups excluding carboxylic acids is 2. The third kappa shape index (κ3) is 5.24. The smallest absolute Gasteiger partial charge is 0.328 e. The molecule has 9 heteroatoms. The Morgan fingerprint density at radius 3 is 2.47 bits per heavy atom. The van der Waals surface area contributed by atoms with Crippen molar-refractivity contribution in [1.82, 2.24) is 9.62 Å². The topological polar surface area (TPSA) is 102 Å². The van der Waals surface area contributed by atoms with Gasteiger partial charge < -0.3 is 14.8 Å². The molecule has 1 amide bonds. The van der Waals surface area contributed by atoms with Crippen molar-refractivity contribution in [2.75, 3.05) is 33.4 Å². The third-order valence-electron chi connectivity index (χ3n) is 4.78. The highest BCUT2D eigenvalue weighted by atomic mass is 32.2. The van der Waals surface area contributed by atoms with Crippen LogP contribution in [0.4, 0.5) is 0 Å². The van der Waals surface area contributed by atoms with E-state index in [0.717, 1.165) is 5.56 Å². The zero-order chi connectivity index (χ0) is 21.6. The van der Waals surface area contributed by atoms with E-state index in [9.17, 15) is 18.0 Å². The molecule has 1 aliphatic heterocycles. The van der Waals surface area contributed by atoms with Gasteiger partial charge in [0.1, 0.15) is 6.04 Å². The van der Waals surface area contributed by atoms with Crippen molar-refractivity contribution in [3.8, 4) is 0 Å². The molecule has 0 radical (unpaired) electrons. The average Bonchev–Trinajstić information content (AvgIpc) is 2.79. The number of methoxy groups -OCH3 is 1. The van der Waals surface area contributed by atoms with Crippen LogP contribution in [0.2, 0.25) is 0 Å². The van der Waals surface area contributed by atoms with Gasteiger partial charge in [0.05, 0.1) is 25.2 Å². The molecule has 2 aromatic carbocycles. The third-order valence-corrected chi connectivity index (χ3v) is 6.67. The summed E-state index contributed by atoms with van der Waals surface area (Å²) >= 11 is 0. The maximum Gasteiger partial charge on any atom is 0.328 e. The summed E-state index contributed by atoms with van der Waals surface area (Å²) in [4.78, 5) is 25.0. The van der Waals surface area contributed by atoms with Crippen molar-refractivity contribution < 1.29 is 27.5 Å². The molecular formula is C21H24N2O6S. The Kier molecular flexibility index (Phi) is 7.20. The van der Waals surface area contributed by atoms with Gasteiger partial charge in [-0.2, -0.15) is 4.31 Å². The molecule has 0 aromatic heterocycles. The lowest BCUT2D eigenvalue weighted by Gasteiger charge is -2.26. The molecule has 1 saturated heterocycles. The minimum Gasteiger partial charge on any atom is -0.467 e. The highest BCUT2D eigenvalue weighted by molar-refractivity contribution is 7.89. The van der Waals surface area contributed by atoms with Gasteiger partial charge in [-0.05, 0) is 23.8 Å². The van der Waals surface area contributed by atoms with Gasteiger partial charge >= 0.3 is 5.97 Å². The van der Waals surface area contributed by atoms with E-state index in [1.54, 1.807) is 0 Å².